The summed E-state index contributed by atoms with van der Waals surface area (Å²) >= 11 is 3.74. The average molecular weight is 369 g/mol. The van der Waals surface area contributed by atoms with Crippen molar-refractivity contribution in [2.75, 3.05) is 7.11 Å². The maximum Gasteiger partial charge on any atom is 0.330 e. The lowest BCUT2D eigenvalue weighted by atomic mass is 9.87. The number of carbonyl (C=O) groups is 1. The second-order valence-corrected chi connectivity index (χ2v) is 6.37. The van der Waals surface area contributed by atoms with Crippen LogP contribution < -0.4 is 0 Å². The molecule has 2 aromatic rings. The van der Waals surface area contributed by atoms with Gasteiger partial charge in [-0.1, -0.05) is 64.5 Å². The number of hydrogen-bond acceptors (Lipinski definition) is 2. The van der Waals surface area contributed by atoms with Gasteiger partial charge in [-0.05, 0) is 46.7 Å². The molecule has 0 saturated heterocycles. The van der Waals surface area contributed by atoms with E-state index in [1.807, 2.05) is 12.1 Å². The highest BCUT2D eigenvalue weighted by molar-refractivity contribution is 9.11. The number of allylic oxidation sites excluding steroid dienone is 1. The summed E-state index contributed by atoms with van der Waals surface area (Å²) in [5, 5.41) is 0. The molecule has 0 aliphatic heterocycles. The largest absolute Gasteiger partial charge is 0.466 e. The van der Waals surface area contributed by atoms with E-state index in [4.69, 9.17) is 0 Å². The minimum atomic E-state index is -0.347. The molecule has 0 aromatic heterocycles. The first kappa shape index (κ1) is 15.8. The van der Waals surface area contributed by atoms with E-state index in [-0.39, 0.29) is 5.97 Å². The zero-order valence-electron chi connectivity index (χ0n) is 12.9. The first-order chi connectivity index (χ1) is 11.2. The van der Waals surface area contributed by atoms with E-state index in [1.165, 1.54) is 39.9 Å². The van der Waals surface area contributed by atoms with E-state index in [9.17, 15) is 4.79 Å². The van der Waals surface area contributed by atoms with Crippen LogP contribution in [-0.2, 0) is 16.0 Å². The van der Waals surface area contributed by atoms with Gasteiger partial charge in [-0.2, -0.15) is 0 Å². The number of rotatable bonds is 3. The first-order valence-electron chi connectivity index (χ1n) is 7.52. The predicted molar refractivity (Wildman–Crippen MR) is 97.2 cm³/mol. The number of methoxy groups -OCH3 is 1. The molecule has 3 heteroatoms. The molecule has 2 aromatic carbocycles. The quantitative estimate of drug-likeness (QED) is 0.564. The van der Waals surface area contributed by atoms with Crippen LogP contribution in [-0.4, -0.2) is 13.1 Å². The second kappa shape index (κ2) is 6.97. The second-order valence-electron chi connectivity index (χ2n) is 5.42. The summed E-state index contributed by atoms with van der Waals surface area (Å²) in [6.45, 7) is 0. The molecule has 0 heterocycles. The molecule has 1 aliphatic carbocycles. The lowest BCUT2D eigenvalue weighted by molar-refractivity contribution is -0.134. The molecule has 0 spiro atoms. The van der Waals surface area contributed by atoms with Gasteiger partial charge in [0.1, 0.15) is 0 Å². The zero-order chi connectivity index (χ0) is 16.2. The molecule has 116 valence electrons. The molecule has 3 rings (SSSR count). The number of halogens is 1. The van der Waals surface area contributed by atoms with Crippen LogP contribution in [0, 0.1) is 0 Å². The number of hydrogen-bond donors (Lipinski definition) is 0. The van der Waals surface area contributed by atoms with Gasteiger partial charge in [0.15, 0.2) is 0 Å². The number of esters is 1. The predicted octanol–water partition coefficient (Wildman–Crippen LogP) is 4.97. The maximum absolute atomic E-state index is 11.2. The van der Waals surface area contributed by atoms with E-state index < -0.39 is 0 Å². The van der Waals surface area contributed by atoms with Crippen LogP contribution in [0.4, 0.5) is 0 Å². The topological polar surface area (TPSA) is 26.3 Å². The number of carbonyl (C=O) groups excluding carboxylic acids is 1. The molecule has 0 atom stereocenters. The number of benzene rings is 2. The molecule has 1 aliphatic rings. The summed E-state index contributed by atoms with van der Waals surface area (Å²) in [5.41, 5.74) is 6.10. The normalized spacial score (nSPS) is 14.0. The van der Waals surface area contributed by atoms with Crippen molar-refractivity contribution in [2.45, 2.75) is 12.8 Å². The van der Waals surface area contributed by atoms with Crippen molar-refractivity contribution in [1.29, 1.82) is 0 Å². The van der Waals surface area contributed by atoms with Crippen LogP contribution >= 0.6 is 15.9 Å². The Labute approximate surface area is 144 Å². The Morgan fingerprint density at radius 2 is 1.83 bits per heavy atom. The van der Waals surface area contributed by atoms with E-state index in [0.717, 1.165) is 18.4 Å². The highest BCUT2D eigenvalue weighted by Gasteiger charge is 2.18. The molecule has 0 N–H and O–H groups in total. The molecule has 0 radical (unpaired) electrons. The standard InChI is InChI=1S/C20H17BrO2/c1-23-19(22)13-8-14-6-9-16(10-7-14)20-17-5-3-2-4-15(17)11-12-18(20)21/h2-10,13H,11-12H2,1H3. The van der Waals surface area contributed by atoms with Crippen LogP contribution in [0.5, 0.6) is 0 Å². The highest BCUT2D eigenvalue weighted by atomic mass is 79.9. The SMILES string of the molecule is COC(=O)C=Cc1ccc(C2=C(Br)CCc3ccccc32)cc1. The fourth-order valence-corrected chi connectivity index (χ4v) is 3.44. The van der Waals surface area contributed by atoms with Crippen molar-refractivity contribution < 1.29 is 9.53 Å². The smallest absolute Gasteiger partial charge is 0.330 e. The maximum atomic E-state index is 11.2. The van der Waals surface area contributed by atoms with Gasteiger partial charge in [-0.3, -0.25) is 0 Å². The summed E-state index contributed by atoms with van der Waals surface area (Å²) in [7, 11) is 1.38. The van der Waals surface area contributed by atoms with Crippen molar-refractivity contribution in [3.63, 3.8) is 0 Å². The van der Waals surface area contributed by atoms with Crippen molar-refractivity contribution in [3.05, 3.63) is 81.3 Å². The Morgan fingerprint density at radius 3 is 2.57 bits per heavy atom. The van der Waals surface area contributed by atoms with Crippen LogP contribution in [0.25, 0.3) is 11.6 Å². The van der Waals surface area contributed by atoms with E-state index in [1.54, 1.807) is 6.08 Å². The van der Waals surface area contributed by atoms with Crippen LogP contribution in [0.3, 0.4) is 0 Å². The van der Waals surface area contributed by atoms with E-state index in [0.29, 0.717) is 0 Å². The lowest BCUT2D eigenvalue weighted by Crippen LogP contribution is -2.03. The fraction of sp³-hybridized carbons (Fsp3) is 0.150. The Morgan fingerprint density at radius 1 is 1.09 bits per heavy atom. The zero-order valence-corrected chi connectivity index (χ0v) is 14.5. The molecule has 0 saturated carbocycles. The van der Waals surface area contributed by atoms with Gasteiger partial charge in [0.2, 0.25) is 0 Å². The van der Waals surface area contributed by atoms with Crippen LogP contribution in [0.15, 0.2) is 59.1 Å². The molecular formula is C20H17BrO2. The fourth-order valence-electron chi connectivity index (χ4n) is 2.80. The Bertz CT molecular complexity index is 786. The third kappa shape index (κ3) is 3.45. The van der Waals surface area contributed by atoms with E-state index in [2.05, 4.69) is 57.1 Å². The molecule has 23 heavy (non-hydrogen) atoms. The number of aryl methyl sites for hydroxylation is 1. The molecule has 0 unspecified atom stereocenters. The molecule has 0 bridgehead atoms. The van der Waals surface area contributed by atoms with Gasteiger partial charge >= 0.3 is 5.97 Å². The highest BCUT2D eigenvalue weighted by Crippen LogP contribution is 2.38. The lowest BCUT2D eigenvalue weighted by Gasteiger charge is -2.21. The summed E-state index contributed by atoms with van der Waals surface area (Å²) in [6.07, 6.45) is 5.28. The number of ether oxygens (including phenoxy) is 1. The first-order valence-corrected chi connectivity index (χ1v) is 8.31. The number of fused-ring (bicyclic) bond motifs is 1. The van der Waals surface area contributed by atoms with Crippen molar-refractivity contribution in [3.8, 4) is 0 Å². The third-order valence-electron chi connectivity index (χ3n) is 3.98. The molecule has 0 fully saturated rings. The molecular weight excluding hydrogens is 352 g/mol. The average Bonchev–Trinajstić information content (AvgIpc) is 2.60. The van der Waals surface area contributed by atoms with E-state index >= 15 is 0 Å². The summed E-state index contributed by atoms with van der Waals surface area (Å²) in [5.74, 6) is -0.347. The van der Waals surface area contributed by atoms with Crippen molar-refractivity contribution >= 4 is 33.5 Å². The third-order valence-corrected chi connectivity index (χ3v) is 4.78. The Hall–Kier alpha value is -2.13. The van der Waals surface area contributed by atoms with Gasteiger partial charge in [0, 0.05) is 10.6 Å². The minimum absolute atomic E-state index is 0.347. The Kier molecular flexibility index (Phi) is 4.77. The Balaban J connectivity index is 1.93. The molecule has 2 nitrogen and oxygen atoms in total. The monoisotopic (exact) mass is 368 g/mol. The summed E-state index contributed by atoms with van der Waals surface area (Å²) in [6, 6.07) is 16.8. The molecule has 0 amide bonds. The minimum Gasteiger partial charge on any atom is -0.466 e. The van der Waals surface area contributed by atoms with Gasteiger partial charge in [-0.15, -0.1) is 0 Å². The van der Waals surface area contributed by atoms with Gasteiger partial charge in [0.25, 0.3) is 0 Å². The van der Waals surface area contributed by atoms with Gasteiger partial charge in [0.05, 0.1) is 7.11 Å². The van der Waals surface area contributed by atoms with Crippen molar-refractivity contribution in [1.82, 2.24) is 0 Å². The summed E-state index contributed by atoms with van der Waals surface area (Å²) in [4.78, 5) is 11.2. The van der Waals surface area contributed by atoms with Crippen LogP contribution in [0.1, 0.15) is 28.7 Å². The van der Waals surface area contributed by atoms with Gasteiger partial charge < -0.3 is 4.74 Å². The summed E-state index contributed by atoms with van der Waals surface area (Å²) < 4.78 is 5.85. The van der Waals surface area contributed by atoms with Crippen LogP contribution in [0.2, 0.25) is 0 Å². The van der Waals surface area contributed by atoms with Crippen molar-refractivity contribution in [2.24, 2.45) is 0 Å². The van der Waals surface area contributed by atoms with Gasteiger partial charge in [-0.25, -0.2) is 4.79 Å².